The molecule has 31 heavy (non-hydrogen) atoms. The molecule has 0 saturated heterocycles. The quantitative estimate of drug-likeness (QED) is 0.483. The summed E-state index contributed by atoms with van der Waals surface area (Å²) in [6.45, 7) is 0. The van der Waals surface area contributed by atoms with Crippen LogP contribution in [0, 0.1) is 5.82 Å². The maximum atomic E-state index is 13.8. The molecule has 8 heteroatoms. The fourth-order valence-electron chi connectivity index (χ4n) is 3.01. The number of carbonyl (C=O) groups is 1. The summed E-state index contributed by atoms with van der Waals surface area (Å²) >= 11 is 0. The average molecular weight is 419 g/mol. The van der Waals surface area contributed by atoms with Crippen molar-refractivity contribution in [2.45, 2.75) is 0 Å². The lowest BCUT2D eigenvalue weighted by Gasteiger charge is -2.07. The van der Waals surface area contributed by atoms with Crippen molar-refractivity contribution in [3.05, 3.63) is 78.1 Å². The first kappa shape index (κ1) is 20.1. The summed E-state index contributed by atoms with van der Waals surface area (Å²) in [6.07, 6.45) is 0. The first-order chi connectivity index (χ1) is 15.1. The standard InChI is InChI=1S/C23H18FN3O4/c1-29-19-11-10-14(13-20(19)30-2)21-26-23(31-27-21)15-6-5-7-16(12-15)25-22(28)17-8-3-4-9-18(17)24/h3-13H,1-2H3,(H,25,28). The molecule has 0 atom stereocenters. The highest BCUT2D eigenvalue weighted by molar-refractivity contribution is 6.04. The van der Waals surface area contributed by atoms with Crippen LogP contribution in [0.25, 0.3) is 22.8 Å². The van der Waals surface area contributed by atoms with Crippen molar-refractivity contribution in [3.63, 3.8) is 0 Å². The Morgan fingerprint density at radius 2 is 1.74 bits per heavy atom. The molecule has 0 fully saturated rings. The third-order valence-corrected chi connectivity index (χ3v) is 4.55. The van der Waals surface area contributed by atoms with Gasteiger partial charge in [0.2, 0.25) is 5.82 Å². The maximum absolute atomic E-state index is 13.8. The molecule has 0 aliphatic rings. The van der Waals surface area contributed by atoms with Gasteiger partial charge in [-0.2, -0.15) is 4.98 Å². The van der Waals surface area contributed by atoms with Gasteiger partial charge in [-0.05, 0) is 48.5 Å². The number of benzene rings is 3. The highest BCUT2D eigenvalue weighted by Crippen LogP contribution is 2.32. The molecule has 1 heterocycles. The van der Waals surface area contributed by atoms with E-state index < -0.39 is 11.7 Å². The molecule has 0 aliphatic heterocycles. The molecule has 1 aromatic heterocycles. The summed E-state index contributed by atoms with van der Waals surface area (Å²) in [6, 6.07) is 17.9. The van der Waals surface area contributed by atoms with Crippen LogP contribution in [-0.4, -0.2) is 30.3 Å². The van der Waals surface area contributed by atoms with Gasteiger partial charge in [-0.1, -0.05) is 23.4 Å². The summed E-state index contributed by atoms with van der Waals surface area (Å²) in [5.74, 6) is 0.639. The van der Waals surface area contributed by atoms with Gasteiger partial charge in [0.1, 0.15) is 5.82 Å². The third-order valence-electron chi connectivity index (χ3n) is 4.55. The van der Waals surface area contributed by atoms with Crippen LogP contribution in [0.15, 0.2) is 71.3 Å². The number of hydrogen-bond acceptors (Lipinski definition) is 6. The Kier molecular flexibility index (Phi) is 5.61. The number of aromatic nitrogens is 2. The molecule has 7 nitrogen and oxygen atoms in total. The van der Waals surface area contributed by atoms with Gasteiger partial charge in [0.25, 0.3) is 11.8 Å². The summed E-state index contributed by atoms with van der Waals surface area (Å²) in [5, 5.41) is 6.70. The van der Waals surface area contributed by atoms with Crippen molar-refractivity contribution < 1.29 is 23.2 Å². The van der Waals surface area contributed by atoms with Gasteiger partial charge in [-0.25, -0.2) is 4.39 Å². The Labute approximate surface area is 177 Å². The average Bonchev–Trinajstić information content (AvgIpc) is 3.29. The largest absolute Gasteiger partial charge is 0.493 e. The first-order valence-electron chi connectivity index (χ1n) is 9.31. The van der Waals surface area contributed by atoms with E-state index in [1.54, 1.807) is 62.8 Å². The Bertz CT molecular complexity index is 1240. The number of rotatable bonds is 6. The van der Waals surface area contributed by atoms with Gasteiger partial charge in [0, 0.05) is 16.8 Å². The van der Waals surface area contributed by atoms with Gasteiger partial charge in [-0.15, -0.1) is 0 Å². The zero-order valence-electron chi connectivity index (χ0n) is 16.8. The molecule has 0 bridgehead atoms. The van der Waals surface area contributed by atoms with Crippen LogP contribution in [0.3, 0.4) is 0 Å². The predicted octanol–water partition coefficient (Wildman–Crippen LogP) is 4.81. The van der Waals surface area contributed by atoms with Crippen LogP contribution in [0.5, 0.6) is 11.5 Å². The van der Waals surface area contributed by atoms with E-state index in [0.29, 0.717) is 34.1 Å². The molecule has 0 unspecified atom stereocenters. The van der Waals surface area contributed by atoms with Gasteiger partial charge < -0.3 is 19.3 Å². The lowest BCUT2D eigenvalue weighted by molar-refractivity contribution is 0.102. The van der Waals surface area contributed by atoms with Crippen molar-refractivity contribution in [3.8, 4) is 34.3 Å². The van der Waals surface area contributed by atoms with Crippen LogP contribution in [-0.2, 0) is 0 Å². The number of methoxy groups -OCH3 is 2. The molecule has 4 aromatic rings. The minimum atomic E-state index is -0.590. The molecule has 156 valence electrons. The molecule has 1 amide bonds. The van der Waals surface area contributed by atoms with Crippen molar-refractivity contribution in [1.82, 2.24) is 10.1 Å². The molecular weight excluding hydrogens is 401 g/mol. The van der Waals surface area contributed by atoms with Crippen molar-refractivity contribution in [2.24, 2.45) is 0 Å². The topological polar surface area (TPSA) is 86.5 Å². The molecule has 1 N–H and O–H groups in total. The van der Waals surface area contributed by atoms with E-state index in [0.717, 1.165) is 0 Å². The molecule has 0 spiro atoms. The van der Waals surface area contributed by atoms with Crippen LogP contribution < -0.4 is 14.8 Å². The van der Waals surface area contributed by atoms with Gasteiger partial charge in [0.15, 0.2) is 11.5 Å². The second-order valence-electron chi connectivity index (χ2n) is 6.51. The Hall–Kier alpha value is -4.20. The van der Waals surface area contributed by atoms with Crippen molar-refractivity contribution >= 4 is 11.6 Å². The molecule has 0 aliphatic carbocycles. The zero-order chi connectivity index (χ0) is 21.8. The normalized spacial score (nSPS) is 10.5. The summed E-state index contributed by atoms with van der Waals surface area (Å²) in [4.78, 5) is 16.8. The van der Waals surface area contributed by atoms with Gasteiger partial charge >= 0.3 is 0 Å². The first-order valence-corrected chi connectivity index (χ1v) is 9.31. The fourth-order valence-corrected chi connectivity index (χ4v) is 3.01. The van der Waals surface area contributed by atoms with E-state index in [9.17, 15) is 9.18 Å². The third kappa shape index (κ3) is 4.23. The summed E-state index contributed by atoms with van der Waals surface area (Å²) < 4.78 is 29.8. The van der Waals surface area contributed by atoms with E-state index in [1.165, 1.54) is 18.2 Å². The second-order valence-corrected chi connectivity index (χ2v) is 6.51. The van der Waals surface area contributed by atoms with Crippen LogP contribution in [0.1, 0.15) is 10.4 Å². The smallest absolute Gasteiger partial charge is 0.258 e. The molecule has 0 saturated carbocycles. The number of hydrogen-bond donors (Lipinski definition) is 1. The number of halogens is 1. The molecule has 0 radical (unpaired) electrons. The highest BCUT2D eigenvalue weighted by atomic mass is 19.1. The van der Waals surface area contributed by atoms with E-state index in [2.05, 4.69) is 15.5 Å². The van der Waals surface area contributed by atoms with E-state index >= 15 is 0 Å². The Morgan fingerprint density at radius 3 is 2.52 bits per heavy atom. The summed E-state index contributed by atoms with van der Waals surface area (Å²) in [7, 11) is 3.10. The minimum absolute atomic E-state index is 0.0403. The van der Waals surface area contributed by atoms with Gasteiger partial charge in [0.05, 0.1) is 19.8 Å². The van der Waals surface area contributed by atoms with E-state index in [1.807, 2.05) is 0 Å². The van der Waals surface area contributed by atoms with E-state index in [-0.39, 0.29) is 11.5 Å². The van der Waals surface area contributed by atoms with E-state index in [4.69, 9.17) is 14.0 Å². The van der Waals surface area contributed by atoms with Crippen LogP contribution in [0.4, 0.5) is 10.1 Å². The predicted molar refractivity (Wildman–Crippen MR) is 113 cm³/mol. The number of nitrogens with zero attached hydrogens (tertiary/aromatic N) is 2. The van der Waals surface area contributed by atoms with Crippen LogP contribution in [0.2, 0.25) is 0 Å². The lowest BCUT2D eigenvalue weighted by atomic mass is 10.1. The summed E-state index contributed by atoms with van der Waals surface area (Å²) in [5.41, 5.74) is 1.72. The monoisotopic (exact) mass is 419 g/mol. The lowest BCUT2D eigenvalue weighted by Crippen LogP contribution is -2.13. The number of carbonyl (C=O) groups excluding carboxylic acids is 1. The number of amides is 1. The van der Waals surface area contributed by atoms with Gasteiger partial charge in [-0.3, -0.25) is 4.79 Å². The zero-order valence-corrected chi connectivity index (χ0v) is 16.8. The SMILES string of the molecule is COc1ccc(-c2noc(-c3cccc(NC(=O)c4ccccc4F)c3)n2)cc1OC. The van der Waals surface area contributed by atoms with Crippen molar-refractivity contribution in [1.29, 1.82) is 0 Å². The maximum Gasteiger partial charge on any atom is 0.258 e. The number of nitrogens with one attached hydrogen (secondary N) is 1. The van der Waals surface area contributed by atoms with Crippen LogP contribution >= 0.6 is 0 Å². The number of anilines is 1. The fraction of sp³-hybridized carbons (Fsp3) is 0.0870. The molecule has 4 rings (SSSR count). The highest BCUT2D eigenvalue weighted by Gasteiger charge is 2.15. The molecule has 3 aromatic carbocycles. The Balaban J connectivity index is 1.57. The minimum Gasteiger partial charge on any atom is -0.493 e. The molecular formula is C23H18FN3O4. The number of ether oxygens (including phenoxy) is 2. The second kappa shape index (κ2) is 8.66. The van der Waals surface area contributed by atoms with Crippen molar-refractivity contribution in [2.75, 3.05) is 19.5 Å². The Morgan fingerprint density at radius 1 is 0.935 bits per heavy atom.